The third-order valence-electron chi connectivity index (χ3n) is 6.74. The standard InChI is InChI=1S/C22H37N7S/c1-2-23-20(27-11-13-28(14-12-27)21-24-9-6-10-25-21)26-19-22(7-4-3-5-8-22)29-15-17-30-18-16-29/h6,9-10H,2-5,7-8,11-19H2,1H3,(H,23,26). The molecule has 1 N–H and O–H groups in total. The molecule has 0 atom stereocenters. The monoisotopic (exact) mass is 431 g/mol. The van der Waals surface area contributed by atoms with Crippen molar-refractivity contribution in [3.63, 3.8) is 0 Å². The summed E-state index contributed by atoms with van der Waals surface area (Å²) in [6.07, 6.45) is 10.3. The lowest BCUT2D eigenvalue weighted by Crippen LogP contribution is -2.56. The Hall–Kier alpha value is -1.54. The van der Waals surface area contributed by atoms with Crippen molar-refractivity contribution in [1.82, 2.24) is 25.1 Å². The first kappa shape index (κ1) is 21.7. The lowest BCUT2D eigenvalue weighted by molar-refractivity contribution is 0.0669. The molecule has 3 fully saturated rings. The minimum atomic E-state index is 0.277. The molecule has 1 aromatic rings. The van der Waals surface area contributed by atoms with Gasteiger partial charge < -0.3 is 15.1 Å². The van der Waals surface area contributed by atoms with Gasteiger partial charge in [-0.2, -0.15) is 11.8 Å². The van der Waals surface area contributed by atoms with Crippen LogP contribution in [-0.4, -0.2) is 95.1 Å². The second-order valence-electron chi connectivity index (χ2n) is 8.58. The number of thioether (sulfide) groups is 1. The normalized spacial score (nSPS) is 23.4. The van der Waals surface area contributed by atoms with Crippen LogP contribution in [0.2, 0.25) is 0 Å². The molecule has 0 spiro atoms. The lowest BCUT2D eigenvalue weighted by Gasteiger charge is -2.47. The molecule has 0 unspecified atom stereocenters. The first-order chi connectivity index (χ1) is 14.8. The summed E-state index contributed by atoms with van der Waals surface area (Å²) < 4.78 is 0. The molecule has 166 valence electrons. The van der Waals surface area contributed by atoms with Gasteiger partial charge in [0, 0.05) is 75.3 Å². The molecule has 2 aliphatic heterocycles. The van der Waals surface area contributed by atoms with Crippen molar-refractivity contribution in [2.75, 3.05) is 68.8 Å². The van der Waals surface area contributed by atoms with Crippen molar-refractivity contribution < 1.29 is 0 Å². The van der Waals surface area contributed by atoms with Gasteiger partial charge in [-0.25, -0.2) is 9.97 Å². The van der Waals surface area contributed by atoms with Crippen LogP contribution in [0.15, 0.2) is 23.5 Å². The second kappa shape index (κ2) is 10.7. The molecule has 4 rings (SSSR count). The van der Waals surface area contributed by atoms with Crippen LogP contribution in [-0.2, 0) is 0 Å². The zero-order valence-corrected chi connectivity index (χ0v) is 19.2. The van der Waals surface area contributed by atoms with Crippen LogP contribution >= 0.6 is 11.8 Å². The van der Waals surface area contributed by atoms with Crippen molar-refractivity contribution in [1.29, 1.82) is 0 Å². The number of aromatic nitrogens is 2. The van der Waals surface area contributed by atoms with Gasteiger partial charge in [0.05, 0.1) is 6.54 Å². The first-order valence-corrected chi connectivity index (χ1v) is 12.8. The highest BCUT2D eigenvalue weighted by Gasteiger charge is 2.38. The molecular formula is C22H37N7S. The van der Waals surface area contributed by atoms with Gasteiger partial charge >= 0.3 is 0 Å². The Morgan fingerprint density at radius 1 is 1.03 bits per heavy atom. The molecule has 1 saturated carbocycles. The number of hydrogen-bond acceptors (Lipinski definition) is 6. The fraction of sp³-hybridized carbons (Fsp3) is 0.773. The summed E-state index contributed by atoms with van der Waals surface area (Å²) in [6.45, 7) is 10.2. The van der Waals surface area contributed by atoms with Crippen LogP contribution in [0.1, 0.15) is 39.0 Å². The Morgan fingerprint density at radius 2 is 1.73 bits per heavy atom. The van der Waals surface area contributed by atoms with E-state index in [9.17, 15) is 0 Å². The smallest absolute Gasteiger partial charge is 0.225 e. The summed E-state index contributed by atoms with van der Waals surface area (Å²) in [7, 11) is 0. The van der Waals surface area contributed by atoms with Gasteiger partial charge in [-0.15, -0.1) is 0 Å². The molecule has 0 bridgehead atoms. The summed E-state index contributed by atoms with van der Waals surface area (Å²) in [4.78, 5) is 21.5. The zero-order chi connectivity index (χ0) is 20.7. The third-order valence-corrected chi connectivity index (χ3v) is 7.68. The highest BCUT2D eigenvalue weighted by atomic mass is 32.2. The van der Waals surface area contributed by atoms with E-state index in [4.69, 9.17) is 4.99 Å². The van der Waals surface area contributed by atoms with Crippen LogP contribution in [0, 0.1) is 0 Å². The zero-order valence-electron chi connectivity index (χ0n) is 18.4. The van der Waals surface area contributed by atoms with E-state index in [2.05, 4.69) is 48.7 Å². The van der Waals surface area contributed by atoms with Crippen LogP contribution in [0.25, 0.3) is 0 Å². The van der Waals surface area contributed by atoms with E-state index in [0.29, 0.717) is 0 Å². The minimum absolute atomic E-state index is 0.277. The summed E-state index contributed by atoms with van der Waals surface area (Å²) in [5.41, 5.74) is 0.277. The number of nitrogens with one attached hydrogen (secondary N) is 1. The number of hydrogen-bond donors (Lipinski definition) is 1. The van der Waals surface area contributed by atoms with Gasteiger partial charge in [-0.05, 0) is 25.8 Å². The van der Waals surface area contributed by atoms with Crippen molar-refractivity contribution in [3.8, 4) is 0 Å². The maximum Gasteiger partial charge on any atom is 0.225 e. The van der Waals surface area contributed by atoms with E-state index in [1.165, 1.54) is 56.7 Å². The van der Waals surface area contributed by atoms with Crippen LogP contribution in [0.3, 0.4) is 0 Å². The molecule has 0 amide bonds. The highest BCUT2D eigenvalue weighted by Crippen LogP contribution is 2.35. The van der Waals surface area contributed by atoms with Crippen LogP contribution in [0.4, 0.5) is 5.95 Å². The van der Waals surface area contributed by atoms with Crippen molar-refractivity contribution in [2.24, 2.45) is 4.99 Å². The van der Waals surface area contributed by atoms with E-state index >= 15 is 0 Å². The van der Waals surface area contributed by atoms with Crippen molar-refractivity contribution in [3.05, 3.63) is 18.5 Å². The molecule has 0 aromatic carbocycles. The first-order valence-electron chi connectivity index (χ1n) is 11.7. The average molecular weight is 432 g/mol. The van der Waals surface area contributed by atoms with E-state index in [1.807, 2.05) is 18.5 Å². The molecule has 2 saturated heterocycles. The quantitative estimate of drug-likeness (QED) is 0.567. The van der Waals surface area contributed by atoms with Gasteiger partial charge in [-0.3, -0.25) is 9.89 Å². The predicted octanol–water partition coefficient (Wildman–Crippen LogP) is 2.32. The van der Waals surface area contributed by atoms with Crippen LogP contribution in [0.5, 0.6) is 0 Å². The highest BCUT2D eigenvalue weighted by molar-refractivity contribution is 7.99. The second-order valence-corrected chi connectivity index (χ2v) is 9.80. The third kappa shape index (κ3) is 5.19. The Kier molecular flexibility index (Phi) is 7.71. The Morgan fingerprint density at radius 3 is 2.40 bits per heavy atom. The van der Waals surface area contributed by atoms with Gasteiger partial charge in [0.25, 0.3) is 0 Å². The maximum atomic E-state index is 5.24. The predicted molar refractivity (Wildman–Crippen MR) is 127 cm³/mol. The summed E-state index contributed by atoms with van der Waals surface area (Å²) >= 11 is 2.10. The Balaban J connectivity index is 1.42. The molecule has 3 heterocycles. The fourth-order valence-corrected chi connectivity index (χ4v) is 5.95. The SMILES string of the molecule is CCNC(=NCC1(N2CCSCC2)CCCCC1)N1CCN(c2ncccn2)CC1. The van der Waals surface area contributed by atoms with E-state index in [-0.39, 0.29) is 5.54 Å². The average Bonchev–Trinajstić information content (AvgIpc) is 2.84. The molecule has 3 aliphatic rings. The van der Waals surface area contributed by atoms with Crippen molar-refractivity contribution >= 4 is 23.7 Å². The van der Waals surface area contributed by atoms with Crippen LogP contribution < -0.4 is 10.2 Å². The van der Waals surface area contributed by atoms with Gasteiger partial charge in [0.15, 0.2) is 5.96 Å². The van der Waals surface area contributed by atoms with E-state index in [0.717, 1.165) is 51.2 Å². The number of piperazine rings is 1. The molecule has 8 heteroatoms. The number of guanidine groups is 1. The molecule has 1 aliphatic carbocycles. The fourth-order valence-electron chi connectivity index (χ4n) is 5.04. The topological polar surface area (TPSA) is 59.9 Å². The van der Waals surface area contributed by atoms with Gasteiger partial charge in [0.1, 0.15) is 0 Å². The number of rotatable bonds is 5. The molecule has 7 nitrogen and oxygen atoms in total. The van der Waals surface area contributed by atoms with E-state index in [1.54, 1.807) is 0 Å². The number of nitrogens with zero attached hydrogens (tertiary/aromatic N) is 6. The Bertz CT molecular complexity index is 663. The molecular weight excluding hydrogens is 394 g/mol. The lowest BCUT2D eigenvalue weighted by atomic mass is 9.80. The summed E-state index contributed by atoms with van der Waals surface area (Å²) in [5, 5.41) is 3.57. The Labute approximate surface area is 185 Å². The summed E-state index contributed by atoms with van der Waals surface area (Å²) in [6, 6.07) is 1.87. The largest absolute Gasteiger partial charge is 0.357 e. The number of anilines is 1. The van der Waals surface area contributed by atoms with Gasteiger partial charge in [-0.1, -0.05) is 19.3 Å². The minimum Gasteiger partial charge on any atom is -0.357 e. The van der Waals surface area contributed by atoms with Crippen molar-refractivity contribution in [2.45, 2.75) is 44.6 Å². The van der Waals surface area contributed by atoms with Gasteiger partial charge in [0.2, 0.25) is 5.95 Å². The summed E-state index contributed by atoms with van der Waals surface area (Å²) in [5.74, 6) is 4.47. The number of aliphatic imine (C=N–C) groups is 1. The molecule has 30 heavy (non-hydrogen) atoms. The molecule has 0 radical (unpaired) electrons. The van der Waals surface area contributed by atoms with E-state index < -0.39 is 0 Å². The maximum absolute atomic E-state index is 5.24. The molecule has 1 aromatic heterocycles.